The smallest absolute Gasteiger partial charge is 0.143 e. The summed E-state index contributed by atoms with van der Waals surface area (Å²) in [5.74, 6) is 0.301. The maximum Gasteiger partial charge on any atom is 0.143 e. The number of hydrogen-bond donors (Lipinski definition) is 1. The van der Waals surface area contributed by atoms with Crippen molar-refractivity contribution in [3.8, 4) is 0 Å². The first kappa shape index (κ1) is 12.8. The molecule has 0 radical (unpaired) electrons. The normalized spacial score (nSPS) is 25.0. The van der Waals surface area contributed by atoms with Crippen LogP contribution >= 0.6 is 0 Å². The number of nitrogens with zero attached hydrogens (tertiary/aromatic N) is 1. The van der Waals surface area contributed by atoms with Gasteiger partial charge in [-0.25, -0.2) is 0 Å². The molecule has 1 heterocycles. The highest BCUT2D eigenvalue weighted by atomic mass is 16.1. The van der Waals surface area contributed by atoms with E-state index in [-0.39, 0.29) is 11.5 Å². The zero-order valence-corrected chi connectivity index (χ0v) is 11.4. The minimum Gasteiger partial charge on any atom is -0.325 e. The molecule has 3 heteroatoms. The van der Waals surface area contributed by atoms with Gasteiger partial charge in [0, 0.05) is 18.2 Å². The predicted octanol–water partition coefficient (Wildman–Crippen LogP) is 2.73. The van der Waals surface area contributed by atoms with E-state index in [1.807, 2.05) is 6.07 Å². The van der Waals surface area contributed by atoms with Gasteiger partial charge in [0.2, 0.25) is 0 Å². The number of carbonyl (C=O) groups is 1. The van der Waals surface area contributed by atoms with Gasteiger partial charge in [0.1, 0.15) is 5.78 Å². The van der Waals surface area contributed by atoms with Crippen molar-refractivity contribution in [2.45, 2.75) is 62.8 Å². The van der Waals surface area contributed by atoms with Crippen LogP contribution in [0.15, 0.2) is 18.3 Å². The molecule has 1 unspecified atom stereocenters. The summed E-state index contributed by atoms with van der Waals surface area (Å²) in [4.78, 5) is 17.1. The first-order valence-electron chi connectivity index (χ1n) is 7.43. The molecule has 1 saturated carbocycles. The predicted molar refractivity (Wildman–Crippen MR) is 74.9 cm³/mol. The lowest BCUT2D eigenvalue weighted by Crippen LogP contribution is -2.40. The second kappa shape index (κ2) is 5.04. The van der Waals surface area contributed by atoms with Crippen molar-refractivity contribution in [3.05, 3.63) is 29.6 Å². The number of aryl methyl sites for hydroxylation is 1. The molecule has 0 saturated heterocycles. The lowest BCUT2D eigenvalue weighted by Gasteiger charge is -2.28. The molecule has 1 aromatic rings. The van der Waals surface area contributed by atoms with Crippen LogP contribution in [0.4, 0.5) is 0 Å². The van der Waals surface area contributed by atoms with Gasteiger partial charge in [0.15, 0.2) is 0 Å². The molecule has 1 fully saturated rings. The van der Waals surface area contributed by atoms with Crippen LogP contribution < -0.4 is 5.73 Å². The van der Waals surface area contributed by atoms with Gasteiger partial charge in [0.05, 0.1) is 11.6 Å². The Bertz CT molecular complexity index is 477. The maximum absolute atomic E-state index is 12.6. The summed E-state index contributed by atoms with van der Waals surface area (Å²) in [5, 5.41) is 0. The third-order valence-electron chi connectivity index (χ3n) is 4.71. The van der Waals surface area contributed by atoms with Gasteiger partial charge < -0.3 is 5.73 Å². The molecule has 102 valence electrons. The molecule has 0 aromatic carbocycles. The number of rotatable bonds is 3. The molecule has 2 aliphatic carbocycles. The number of fused-ring (bicyclic) bond motifs is 1. The van der Waals surface area contributed by atoms with Gasteiger partial charge in [-0.3, -0.25) is 9.78 Å². The summed E-state index contributed by atoms with van der Waals surface area (Å²) in [5.41, 5.74) is 8.38. The Morgan fingerprint density at radius 3 is 2.95 bits per heavy atom. The molecule has 0 aliphatic heterocycles. The fourth-order valence-electron chi connectivity index (χ4n) is 3.65. The Labute approximate surface area is 114 Å². The first-order chi connectivity index (χ1) is 9.18. The summed E-state index contributed by atoms with van der Waals surface area (Å²) in [6.07, 6.45) is 9.77. The summed E-state index contributed by atoms with van der Waals surface area (Å²) >= 11 is 0. The molecule has 0 spiro atoms. The monoisotopic (exact) mass is 258 g/mol. The van der Waals surface area contributed by atoms with E-state index >= 15 is 0 Å². The number of aromatic nitrogens is 1. The third-order valence-corrected chi connectivity index (χ3v) is 4.71. The molecular formula is C16H22N2O. The Morgan fingerprint density at radius 2 is 2.16 bits per heavy atom. The standard InChI is InChI=1S/C16H22N2O/c17-16(8-1-2-9-16)11-14(19)13-7-3-5-12-6-4-10-18-15(12)13/h4,6,10,13H,1-3,5,7-9,11,17H2. The topological polar surface area (TPSA) is 56.0 Å². The van der Waals surface area contributed by atoms with Crippen molar-refractivity contribution < 1.29 is 4.79 Å². The molecule has 3 nitrogen and oxygen atoms in total. The molecule has 1 atom stereocenters. The van der Waals surface area contributed by atoms with Crippen LogP contribution in [0.3, 0.4) is 0 Å². The lowest BCUT2D eigenvalue weighted by atomic mass is 9.79. The highest BCUT2D eigenvalue weighted by Gasteiger charge is 2.36. The summed E-state index contributed by atoms with van der Waals surface area (Å²) < 4.78 is 0. The number of carbonyl (C=O) groups excluding carboxylic acids is 1. The average Bonchev–Trinajstić information content (AvgIpc) is 2.84. The van der Waals surface area contributed by atoms with Gasteiger partial charge in [-0.15, -0.1) is 0 Å². The molecule has 1 aromatic heterocycles. The van der Waals surface area contributed by atoms with Crippen molar-refractivity contribution in [1.29, 1.82) is 0 Å². The number of pyridine rings is 1. The number of ketones is 1. The van der Waals surface area contributed by atoms with E-state index in [1.165, 1.54) is 18.4 Å². The molecule has 3 rings (SSSR count). The Balaban J connectivity index is 1.78. The number of Topliss-reactive ketones (excluding diaryl/α,β-unsaturated/α-hetero) is 1. The van der Waals surface area contributed by atoms with Crippen LogP contribution in [-0.4, -0.2) is 16.3 Å². The van der Waals surface area contributed by atoms with Crippen molar-refractivity contribution in [2.24, 2.45) is 5.73 Å². The van der Waals surface area contributed by atoms with Crippen molar-refractivity contribution in [1.82, 2.24) is 4.98 Å². The second-order valence-electron chi connectivity index (χ2n) is 6.21. The van der Waals surface area contributed by atoms with E-state index < -0.39 is 0 Å². The van der Waals surface area contributed by atoms with Gasteiger partial charge in [0.25, 0.3) is 0 Å². The lowest BCUT2D eigenvalue weighted by molar-refractivity contribution is -0.122. The SMILES string of the molecule is NC1(CC(=O)C2CCCc3cccnc32)CCCC1. The highest BCUT2D eigenvalue weighted by molar-refractivity contribution is 5.86. The fraction of sp³-hybridized carbons (Fsp3) is 0.625. The van der Waals surface area contributed by atoms with Gasteiger partial charge in [-0.05, 0) is 43.7 Å². The zero-order chi connectivity index (χ0) is 13.3. The maximum atomic E-state index is 12.6. The Hall–Kier alpha value is -1.22. The molecule has 0 bridgehead atoms. The van der Waals surface area contributed by atoms with Gasteiger partial charge in [-0.2, -0.15) is 0 Å². The van der Waals surface area contributed by atoms with E-state index in [2.05, 4.69) is 11.1 Å². The zero-order valence-electron chi connectivity index (χ0n) is 11.4. The van der Waals surface area contributed by atoms with E-state index in [0.717, 1.165) is 37.8 Å². The van der Waals surface area contributed by atoms with Crippen LogP contribution in [0.5, 0.6) is 0 Å². The van der Waals surface area contributed by atoms with Crippen molar-refractivity contribution in [3.63, 3.8) is 0 Å². The van der Waals surface area contributed by atoms with E-state index in [4.69, 9.17) is 5.73 Å². The summed E-state index contributed by atoms with van der Waals surface area (Å²) in [6.45, 7) is 0. The molecule has 19 heavy (non-hydrogen) atoms. The summed E-state index contributed by atoms with van der Waals surface area (Å²) in [7, 11) is 0. The molecule has 2 N–H and O–H groups in total. The molecule has 0 amide bonds. The van der Waals surface area contributed by atoms with Crippen LogP contribution in [0.1, 0.15) is 62.1 Å². The highest BCUT2D eigenvalue weighted by Crippen LogP contribution is 2.36. The largest absolute Gasteiger partial charge is 0.325 e. The first-order valence-corrected chi connectivity index (χ1v) is 7.43. The third kappa shape index (κ3) is 2.57. The number of hydrogen-bond acceptors (Lipinski definition) is 3. The van der Waals surface area contributed by atoms with Crippen molar-refractivity contribution in [2.75, 3.05) is 0 Å². The fourth-order valence-corrected chi connectivity index (χ4v) is 3.65. The Morgan fingerprint density at radius 1 is 1.37 bits per heavy atom. The van der Waals surface area contributed by atoms with Crippen LogP contribution in [-0.2, 0) is 11.2 Å². The second-order valence-corrected chi connectivity index (χ2v) is 6.21. The van der Waals surface area contributed by atoms with Gasteiger partial charge in [-0.1, -0.05) is 18.9 Å². The van der Waals surface area contributed by atoms with Crippen LogP contribution in [0.25, 0.3) is 0 Å². The van der Waals surface area contributed by atoms with Crippen LogP contribution in [0, 0.1) is 0 Å². The van der Waals surface area contributed by atoms with E-state index in [1.54, 1.807) is 6.20 Å². The minimum atomic E-state index is -0.233. The average molecular weight is 258 g/mol. The quantitative estimate of drug-likeness (QED) is 0.907. The molecule has 2 aliphatic rings. The summed E-state index contributed by atoms with van der Waals surface area (Å²) in [6, 6.07) is 4.07. The van der Waals surface area contributed by atoms with Crippen molar-refractivity contribution >= 4 is 5.78 Å². The molecular weight excluding hydrogens is 236 g/mol. The van der Waals surface area contributed by atoms with E-state index in [9.17, 15) is 4.79 Å². The number of nitrogens with two attached hydrogens (primary N) is 1. The van der Waals surface area contributed by atoms with Gasteiger partial charge >= 0.3 is 0 Å². The Kier molecular flexibility index (Phi) is 3.40. The minimum absolute atomic E-state index is 0.00836. The van der Waals surface area contributed by atoms with Crippen LogP contribution in [0.2, 0.25) is 0 Å². The van der Waals surface area contributed by atoms with E-state index in [0.29, 0.717) is 12.2 Å².